The Morgan fingerprint density at radius 1 is 1.43 bits per heavy atom. The molecule has 3 nitrogen and oxygen atoms in total. The molecule has 3 heteroatoms. The predicted octanol–water partition coefficient (Wildman–Crippen LogP) is 1.65. The predicted molar refractivity (Wildman–Crippen MR) is 55.9 cm³/mol. The number of nitriles is 1. The van der Waals surface area contributed by atoms with Crippen LogP contribution in [-0.4, -0.2) is 37.7 Å². The lowest BCUT2D eigenvalue weighted by Crippen LogP contribution is -2.39. The summed E-state index contributed by atoms with van der Waals surface area (Å²) in [6.45, 7) is 8.78. The number of hydrogen-bond acceptors (Lipinski definition) is 3. The van der Waals surface area contributed by atoms with Crippen LogP contribution >= 0.6 is 0 Å². The fraction of sp³-hybridized carbons (Fsp3) is 0.909. The summed E-state index contributed by atoms with van der Waals surface area (Å²) in [7, 11) is 0. The van der Waals surface area contributed by atoms with Crippen LogP contribution in [0.5, 0.6) is 0 Å². The molecule has 1 fully saturated rings. The van der Waals surface area contributed by atoms with E-state index >= 15 is 0 Å². The van der Waals surface area contributed by atoms with Crippen LogP contribution in [0.3, 0.4) is 0 Å². The topological polar surface area (TPSA) is 36.3 Å². The maximum absolute atomic E-state index is 8.96. The zero-order chi connectivity index (χ0) is 10.4. The van der Waals surface area contributed by atoms with Gasteiger partial charge in [-0.2, -0.15) is 5.26 Å². The van der Waals surface area contributed by atoms with Gasteiger partial charge in [-0.3, -0.25) is 0 Å². The Kier molecular flexibility index (Phi) is 4.37. The number of hydrogen-bond donors (Lipinski definition) is 0. The Bertz CT molecular complexity index is 202. The minimum Gasteiger partial charge on any atom is -0.380 e. The van der Waals surface area contributed by atoms with Gasteiger partial charge in [-0.25, -0.2) is 0 Å². The van der Waals surface area contributed by atoms with Crippen LogP contribution in [0.15, 0.2) is 0 Å². The molecule has 1 aliphatic rings. The maximum atomic E-state index is 8.96. The summed E-state index contributed by atoms with van der Waals surface area (Å²) in [6.07, 6.45) is 1.99. The summed E-state index contributed by atoms with van der Waals surface area (Å²) < 4.78 is 5.31. The molecule has 0 bridgehead atoms. The molecule has 14 heavy (non-hydrogen) atoms. The molecule has 0 aromatic carbocycles. The third kappa shape index (κ3) is 3.28. The Labute approximate surface area is 86.6 Å². The van der Waals surface area contributed by atoms with Crippen molar-refractivity contribution in [2.45, 2.75) is 26.7 Å². The van der Waals surface area contributed by atoms with E-state index in [4.69, 9.17) is 10.00 Å². The summed E-state index contributed by atoms with van der Waals surface area (Å²) in [5, 5.41) is 8.96. The van der Waals surface area contributed by atoms with E-state index in [-0.39, 0.29) is 5.41 Å². The largest absolute Gasteiger partial charge is 0.380 e. The third-order valence-corrected chi connectivity index (χ3v) is 2.99. The first-order valence-electron chi connectivity index (χ1n) is 5.41. The summed E-state index contributed by atoms with van der Waals surface area (Å²) in [5.41, 5.74) is -0.0812. The number of piperidine rings is 1. The summed E-state index contributed by atoms with van der Waals surface area (Å²) in [6, 6.07) is 2.41. The van der Waals surface area contributed by atoms with Gasteiger partial charge in [0.1, 0.15) is 0 Å². The van der Waals surface area contributed by atoms with E-state index in [1.165, 1.54) is 0 Å². The average Bonchev–Trinajstić information content (AvgIpc) is 2.22. The molecule has 80 valence electrons. The molecular weight excluding hydrogens is 176 g/mol. The lowest BCUT2D eigenvalue weighted by molar-refractivity contribution is 0.0877. The molecule has 1 saturated heterocycles. The molecule has 0 aliphatic carbocycles. The molecule has 0 radical (unpaired) electrons. The number of ether oxygens (including phenoxy) is 1. The van der Waals surface area contributed by atoms with E-state index in [1.54, 1.807) is 0 Å². The molecule has 0 aromatic heterocycles. The van der Waals surface area contributed by atoms with E-state index in [0.29, 0.717) is 0 Å². The van der Waals surface area contributed by atoms with E-state index in [1.807, 2.05) is 6.92 Å². The second-order valence-electron chi connectivity index (χ2n) is 4.21. The SMILES string of the molecule is CCOCCN1CCC(C)(C#N)CC1. The third-order valence-electron chi connectivity index (χ3n) is 2.99. The van der Waals surface area contributed by atoms with Gasteiger partial charge >= 0.3 is 0 Å². The van der Waals surface area contributed by atoms with Crippen LogP contribution in [0.25, 0.3) is 0 Å². The molecule has 1 heterocycles. The van der Waals surface area contributed by atoms with Crippen LogP contribution in [0.1, 0.15) is 26.7 Å². The lowest BCUT2D eigenvalue weighted by Gasteiger charge is -2.34. The summed E-state index contributed by atoms with van der Waals surface area (Å²) >= 11 is 0. The fourth-order valence-electron chi connectivity index (χ4n) is 1.72. The van der Waals surface area contributed by atoms with E-state index < -0.39 is 0 Å². The van der Waals surface area contributed by atoms with Crippen molar-refractivity contribution in [1.82, 2.24) is 4.90 Å². The van der Waals surface area contributed by atoms with E-state index in [2.05, 4.69) is 17.9 Å². The highest BCUT2D eigenvalue weighted by molar-refractivity contribution is 4.98. The van der Waals surface area contributed by atoms with Crippen LogP contribution in [0.4, 0.5) is 0 Å². The van der Waals surface area contributed by atoms with Crippen LogP contribution in [0.2, 0.25) is 0 Å². The first kappa shape index (κ1) is 11.5. The Hall–Kier alpha value is -0.590. The van der Waals surface area contributed by atoms with Crippen molar-refractivity contribution in [3.63, 3.8) is 0 Å². The van der Waals surface area contributed by atoms with Gasteiger partial charge in [-0.1, -0.05) is 0 Å². The van der Waals surface area contributed by atoms with Crippen molar-refractivity contribution in [1.29, 1.82) is 5.26 Å². The van der Waals surface area contributed by atoms with Crippen molar-refractivity contribution in [2.24, 2.45) is 5.41 Å². The van der Waals surface area contributed by atoms with Crippen molar-refractivity contribution in [3.05, 3.63) is 0 Å². The quantitative estimate of drug-likeness (QED) is 0.641. The molecule has 1 rings (SSSR count). The molecule has 0 unspecified atom stereocenters. The molecule has 0 N–H and O–H groups in total. The molecule has 0 saturated carbocycles. The van der Waals surface area contributed by atoms with Crippen molar-refractivity contribution >= 4 is 0 Å². The van der Waals surface area contributed by atoms with Crippen LogP contribution < -0.4 is 0 Å². The second-order valence-corrected chi connectivity index (χ2v) is 4.21. The van der Waals surface area contributed by atoms with E-state index in [9.17, 15) is 0 Å². The van der Waals surface area contributed by atoms with Gasteiger partial charge in [-0.05, 0) is 39.8 Å². The fourth-order valence-corrected chi connectivity index (χ4v) is 1.72. The van der Waals surface area contributed by atoms with Gasteiger partial charge < -0.3 is 9.64 Å². The highest BCUT2D eigenvalue weighted by Gasteiger charge is 2.29. The lowest BCUT2D eigenvalue weighted by atomic mass is 9.82. The highest BCUT2D eigenvalue weighted by Crippen LogP contribution is 2.29. The van der Waals surface area contributed by atoms with Gasteiger partial charge in [0.15, 0.2) is 0 Å². The Morgan fingerprint density at radius 2 is 2.07 bits per heavy atom. The minimum atomic E-state index is -0.0812. The number of nitrogens with zero attached hydrogens (tertiary/aromatic N) is 2. The number of rotatable bonds is 4. The van der Waals surface area contributed by atoms with Gasteiger partial charge in [0.2, 0.25) is 0 Å². The smallest absolute Gasteiger partial charge is 0.0687 e. The van der Waals surface area contributed by atoms with Gasteiger partial charge in [-0.15, -0.1) is 0 Å². The van der Waals surface area contributed by atoms with Gasteiger partial charge in [0, 0.05) is 13.2 Å². The molecule has 0 atom stereocenters. The standard InChI is InChI=1S/C11H20N2O/c1-3-14-9-8-13-6-4-11(2,10-12)5-7-13/h3-9H2,1-2H3. The monoisotopic (exact) mass is 196 g/mol. The van der Waals surface area contributed by atoms with Crippen molar-refractivity contribution < 1.29 is 4.74 Å². The molecule has 0 aromatic rings. The zero-order valence-electron chi connectivity index (χ0n) is 9.25. The molecule has 0 amide bonds. The Morgan fingerprint density at radius 3 is 2.57 bits per heavy atom. The average molecular weight is 196 g/mol. The Balaban J connectivity index is 2.20. The van der Waals surface area contributed by atoms with Gasteiger partial charge in [0.25, 0.3) is 0 Å². The van der Waals surface area contributed by atoms with E-state index in [0.717, 1.165) is 45.7 Å². The maximum Gasteiger partial charge on any atom is 0.0687 e. The molecular formula is C11H20N2O. The molecule has 0 spiro atoms. The minimum absolute atomic E-state index is 0.0812. The van der Waals surface area contributed by atoms with Crippen molar-refractivity contribution in [3.8, 4) is 6.07 Å². The number of likely N-dealkylation sites (tertiary alicyclic amines) is 1. The summed E-state index contributed by atoms with van der Waals surface area (Å²) in [4.78, 5) is 2.38. The first-order chi connectivity index (χ1) is 6.70. The van der Waals surface area contributed by atoms with Crippen LogP contribution in [-0.2, 0) is 4.74 Å². The normalized spacial score (nSPS) is 21.8. The van der Waals surface area contributed by atoms with Crippen LogP contribution in [0, 0.1) is 16.7 Å². The highest BCUT2D eigenvalue weighted by atomic mass is 16.5. The van der Waals surface area contributed by atoms with Gasteiger partial charge in [0.05, 0.1) is 18.1 Å². The first-order valence-corrected chi connectivity index (χ1v) is 5.41. The second kappa shape index (κ2) is 5.33. The zero-order valence-corrected chi connectivity index (χ0v) is 9.25. The molecule has 1 aliphatic heterocycles. The summed E-state index contributed by atoms with van der Waals surface area (Å²) in [5.74, 6) is 0. The van der Waals surface area contributed by atoms with Crippen molar-refractivity contribution in [2.75, 3.05) is 32.8 Å².